The Morgan fingerprint density at radius 2 is 1.68 bits per heavy atom. The first-order valence-electron chi connectivity index (χ1n) is 8.87. The van der Waals surface area contributed by atoms with Gasteiger partial charge in [0, 0.05) is 15.6 Å². The summed E-state index contributed by atoms with van der Waals surface area (Å²) in [7, 11) is -3.38. The molecule has 160 valence electrons. The zero-order valence-corrected chi connectivity index (χ0v) is 19.1. The van der Waals surface area contributed by atoms with Crippen molar-refractivity contribution >= 4 is 37.1 Å². The highest BCUT2D eigenvalue weighted by molar-refractivity contribution is 9.10. The zero-order chi connectivity index (χ0) is 22.4. The summed E-state index contributed by atoms with van der Waals surface area (Å²) < 4.78 is 65.8. The van der Waals surface area contributed by atoms with Crippen molar-refractivity contribution in [2.24, 2.45) is 0 Å². The highest BCUT2D eigenvalue weighted by Crippen LogP contribution is 2.39. The molecule has 0 aliphatic rings. The number of benzene rings is 2. The number of para-hydroxylation sites is 1. The predicted octanol–water partition coefficient (Wildman–Crippen LogP) is 6.45. The van der Waals surface area contributed by atoms with Crippen LogP contribution in [0.4, 0.5) is 13.2 Å². The Labute approximate surface area is 189 Å². The van der Waals surface area contributed by atoms with Crippen molar-refractivity contribution in [3.8, 4) is 26.7 Å². The number of sulfone groups is 1. The summed E-state index contributed by atoms with van der Waals surface area (Å²) in [5, 5.41) is 3.81. The van der Waals surface area contributed by atoms with Crippen LogP contribution in [0.5, 0.6) is 0 Å². The lowest BCUT2D eigenvalue weighted by atomic mass is 10.2. The monoisotopic (exact) mass is 526 g/mol. The molecular weight excluding hydrogens is 513 g/mol. The molecule has 10 heteroatoms. The standard InChI is InChI=1S/C21H14BrF3N2O2S2/c1-31(28,29)14-6-4-5-13(11-14)18-9-10-19(30-18)17-12-20(21(23,24)25)26-27(17)16-8-3-2-7-15(16)22/h2-12H,1H3. The van der Waals surface area contributed by atoms with E-state index >= 15 is 0 Å². The van der Waals surface area contributed by atoms with Crippen LogP contribution in [0.1, 0.15) is 5.69 Å². The van der Waals surface area contributed by atoms with Gasteiger partial charge in [0.1, 0.15) is 0 Å². The average molecular weight is 527 g/mol. The molecule has 0 spiro atoms. The second-order valence-corrected chi connectivity index (χ2v) is 10.7. The topological polar surface area (TPSA) is 52.0 Å². The Hall–Kier alpha value is -2.43. The second kappa shape index (κ2) is 7.92. The number of alkyl halides is 3. The van der Waals surface area contributed by atoms with Crippen LogP contribution in [0.25, 0.3) is 26.7 Å². The lowest BCUT2D eigenvalue weighted by molar-refractivity contribution is -0.141. The molecule has 0 saturated carbocycles. The number of aromatic nitrogens is 2. The molecule has 4 aromatic rings. The first-order valence-corrected chi connectivity index (χ1v) is 12.4. The van der Waals surface area contributed by atoms with Gasteiger partial charge in [0.2, 0.25) is 0 Å². The molecule has 0 bridgehead atoms. The molecule has 0 aliphatic heterocycles. The molecule has 2 aromatic heterocycles. The molecule has 0 fully saturated rings. The van der Waals surface area contributed by atoms with Gasteiger partial charge in [-0.3, -0.25) is 0 Å². The molecule has 2 aromatic carbocycles. The zero-order valence-electron chi connectivity index (χ0n) is 15.9. The Balaban J connectivity index is 1.84. The molecule has 0 N–H and O–H groups in total. The van der Waals surface area contributed by atoms with E-state index in [1.165, 1.54) is 22.1 Å². The van der Waals surface area contributed by atoms with Crippen LogP contribution in [-0.4, -0.2) is 24.5 Å². The summed E-state index contributed by atoms with van der Waals surface area (Å²) in [6.07, 6.45) is -3.47. The number of nitrogens with zero attached hydrogens (tertiary/aromatic N) is 2. The van der Waals surface area contributed by atoms with Crippen LogP contribution >= 0.6 is 27.3 Å². The fraction of sp³-hybridized carbons (Fsp3) is 0.0952. The first-order chi connectivity index (χ1) is 14.5. The highest BCUT2D eigenvalue weighted by Gasteiger charge is 2.35. The quantitative estimate of drug-likeness (QED) is 0.307. The van der Waals surface area contributed by atoms with E-state index in [1.807, 2.05) is 0 Å². The van der Waals surface area contributed by atoms with E-state index in [1.54, 1.807) is 54.6 Å². The number of thiophene rings is 1. The molecule has 31 heavy (non-hydrogen) atoms. The lowest BCUT2D eigenvalue weighted by Crippen LogP contribution is -2.07. The SMILES string of the molecule is CS(=O)(=O)c1cccc(-c2ccc(-c3cc(C(F)(F)F)nn3-c3ccccc3Br)s2)c1. The molecular formula is C21H14BrF3N2O2S2. The molecule has 4 rings (SSSR count). The maximum Gasteiger partial charge on any atom is 0.435 e. The molecule has 0 atom stereocenters. The van der Waals surface area contributed by atoms with Gasteiger partial charge in [0.25, 0.3) is 0 Å². The number of rotatable bonds is 4. The van der Waals surface area contributed by atoms with Crippen LogP contribution in [0, 0.1) is 0 Å². The fourth-order valence-corrected chi connectivity index (χ4v) is 5.14. The second-order valence-electron chi connectivity index (χ2n) is 6.74. The smallest absolute Gasteiger partial charge is 0.231 e. The summed E-state index contributed by atoms with van der Waals surface area (Å²) in [5.41, 5.74) is 0.436. The van der Waals surface area contributed by atoms with Crippen molar-refractivity contribution in [2.45, 2.75) is 11.1 Å². The van der Waals surface area contributed by atoms with Crippen LogP contribution in [0.2, 0.25) is 0 Å². The molecule has 0 amide bonds. The Morgan fingerprint density at radius 3 is 2.35 bits per heavy atom. The van der Waals surface area contributed by atoms with E-state index in [9.17, 15) is 21.6 Å². The van der Waals surface area contributed by atoms with Crippen LogP contribution < -0.4 is 0 Å². The minimum atomic E-state index is -4.59. The Bertz CT molecular complexity index is 1380. The van der Waals surface area contributed by atoms with Gasteiger partial charge in [0.15, 0.2) is 15.5 Å². The summed E-state index contributed by atoms with van der Waals surface area (Å²) in [4.78, 5) is 1.48. The largest absolute Gasteiger partial charge is 0.435 e. The number of hydrogen-bond donors (Lipinski definition) is 0. The maximum absolute atomic E-state index is 13.4. The van der Waals surface area contributed by atoms with E-state index < -0.39 is 21.7 Å². The van der Waals surface area contributed by atoms with Gasteiger partial charge < -0.3 is 0 Å². The van der Waals surface area contributed by atoms with Gasteiger partial charge in [-0.25, -0.2) is 13.1 Å². The fourth-order valence-electron chi connectivity index (χ4n) is 3.01. The molecule has 0 aliphatic carbocycles. The van der Waals surface area contributed by atoms with Gasteiger partial charge >= 0.3 is 6.18 Å². The first kappa shape index (κ1) is 21.8. The van der Waals surface area contributed by atoms with Gasteiger partial charge in [-0.2, -0.15) is 18.3 Å². The third-order valence-electron chi connectivity index (χ3n) is 4.49. The normalized spacial score (nSPS) is 12.3. The number of halogens is 4. The van der Waals surface area contributed by atoms with Crippen LogP contribution in [0.3, 0.4) is 0 Å². The molecule has 0 radical (unpaired) electrons. The van der Waals surface area contributed by atoms with Gasteiger partial charge in [-0.15, -0.1) is 11.3 Å². The highest BCUT2D eigenvalue weighted by atomic mass is 79.9. The van der Waals surface area contributed by atoms with E-state index in [2.05, 4.69) is 21.0 Å². The lowest BCUT2D eigenvalue weighted by Gasteiger charge is -2.08. The average Bonchev–Trinajstić information content (AvgIpc) is 3.35. The van der Waals surface area contributed by atoms with Crippen molar-refractivity contribution in [1.82, 2.24) is 9.78 Å². The third kappa shape index (κ3) is 4.46. The van der Waals surface area contributed by atoms with Crippen molar-refractivity contribution in [3.05, 3.63) is 76.9 Å². The van der Waals surface area contributed by atoms with Gasteiger partial charge in [-0.1, -0.05) is 24.3 Å². The summed E-state index contributed by atoms with van der Waals surface area (Å²) in [5.74, 6) is 0. The molecule has 0 unspecified atom stereocenters. The summed E-state index contributed by atoms with van der Waals surface area (Å²) in [6.45, 7) is 0. The van der Waals surface area contributed by atoms with E-state index in [-0.39, 0.29) is 10.6 Å². The maximum atomic E-state index is 13.4. The van der Waals surface area contributed by atoms with Crippen LogP contribution in [-0.2, 0) is 16.0 Å². The minimum Gasteiger partial charge on any atom is -0.231 e. The van der Waals surface area contributed by atoms with Crippen molar-refractivity contribution in [1.29, 1.82) is 0 Å². The summed E-state index contributed by atoms with van der Waals surface area (Å²) in [6, 6.07) is 17.8. The predicted molar refractivity (Wildman–Crippen MR) is 118 cm³/mol. The third-order valence-corrected chi connectivity index (χ3v) is 7.42. The summed E-state index contributed by atoms with van der Waals surface area (Å²) >= 11 is 4.63. The molecule has 4 nitrogen and oxygen atoms in total. The van der Waals surface area contributed by atoms with E-state index in [4.69, 9.17) is 0 Å². The van der Waals surface area contributed by atoms with Gasteiger partial charge in [-0.05, 0) is 64.0 Å². The Morgan fingerprint density at radius 1 is 0.968 bits per heavy atom. The minimum absolute atomic E-state index is 0.178. The van der Waals surface area contributed by atoms with Crippen molar-refractivity contribution in [2.75, 3.05) is 6.26 Å². The van der Waals surface area contributed by atoms with E-state index in [0.717, 1.165) is 17.2 Å². The van der Waals surface area contributed by atoms with Crippen molar-refractivity contribution in [3.63, 3.8) is 0 Å². The molecule has 2 heterocycles. The Kier molecular flexibility index (Phi) is 5.57. The van der Waals surface area contributed by atoms with E-state index in [0.29, 0.717) is 20.6 Å². The number of hydrogen-bond acceptors (Lipinski definition) is 4. The van der Waals surface area contributed by atoms with Crippen LogP contribution in [0.15, 0.2) is 76.1 Å². The van der Waals surface area contributed by atoms with Crippen molar-refractivity contribution < 1.29 is 21.6 Å². The molecule has 0 saturated heterocycles. The van der Waals surface area contributed by atoms with Gasteiger partial charge in [0.05, 0.1) is 21.2 Å².